The van der Waals surface area contributed by atoms with Gasteiger partial charge in [0.1, 0.15) is 5.69 Å². The summed E-state index contributed by atoms with van der Waals surface area (Å²) in [5, 5.41) is 0.733. The molecule has 3 heterocycles. The SMILES string of the molecule is Clc1ccc(-c2ccc(C#Cc3ccc4c(c3)N=CC(CCN3CCCC3)CC4)nc2)cc1. The third kappa shape index (κ3) is 5.71. The number of likely N-dealkylation sites (tertiary alicyclic amines) is 1. The third-order valence-corrected chi connectivity index (χ3v) is 6.84. The Morgan fingerprint density at radius 1 is 0.939 bits per heavy atom. The molecular formula is C29H28ClN3. The van der Waals surface area contributed by atoms with Crippen molar-refractivity contribution in [2.24, 2.45) is 10.9 Å². The van der Waals surface area contributed by atoms with E-state index in [0.29, 0.717) is 5.92 Å². The normalized spacial score (nSPS) is 17.8. The predicted octanol–water partition coefficient (Wildman–Crippen LogP) is 6.55. The Balaban J connectivity index is 1.24. The van der Waals surface area contributed by atoms with Crippen LogP contribution in [0.2, 0.25) is 5.02 Å². The van der Waals surface area contributed by atoms with Crippen molar-refractivity contribution in [3.05, 3.63) is 82.6 Å². The number of benzene rings is 2. The zero-order valence-electron chi connectivity index (χ0n) is 18.8. The van der Waals surface area contributed by atoms with Crippen LogP contribution in [0.1, 0.15) is 42.5 Å². The van der Waals surface area contributed by atoms with Crippen LogP contribution in [0.15, 0.2) is 65.8 Å². The summed E-state index contributed by atoms with van der Waals surface area (Å²) in [5.41, 5.74) is 6.27. The number of aryl methyl sites for hydroxylation is 1. The first kappa shape index (κ1) is 21.9. The zero-order chi connectivity index (χ0) is 22.5. The van der Waals surface area contributed by atoms with Crippen LogP contribution in [0.5, 0.6) is 0 Å². The van der Waals surface area contributed by atoms with E-state index in [2.05, 4.69) is 46.1 Å². The molecule has 2 aromatic carbocycles. The van der Waals surface area contributed by atoms with Gasteiger partial charge in [0.05, 0.1) is 5.69 Å². The molecule has 0 aliphatic carbocycles. The van der Waals surface area contributed by atoms with E-state index in [4.69, 9.17) is 16.6 Å². The molecule has 0 bridgehead atoms. The van der Waals surface area contributed by atoms with Crippen molar-refractivity contribution in [3.8, 4) is 23.0 Å². The summed E-state index contributed by atoms with van der Waals surface area (Å²) in [6.45, 7) is 3.74. The molecule has 1 aromatic heterocycles. The average Bonchev–Trinajstić information content (AvgIpc) is 3.29. The van der Waals surface area contributed by atoms with Crippen LogP contribution in [0, 0.1) is 17.8 Å². The lowest BCUT2D eigenvalue weighted by Crippen LogP contribution is -2.23. The molecule has 2 aliphatic heterocycles. The Kier molecular flexibility index (Phi) is 6.86. The van der Waals surface area contributed by atoms with E-state index in [1.165, 1.54) is 50.9 Å². The molecule has 1 atom stereocenters. The van der Waals surface area contributed by atoms with Gasteiger partial charge in [-0.05, 0) is 105 Å². The van der Waals surface area contributed by atoms with Gasteiger partial charge in [-0.1, -0.05) is 41.8 Å². The van der Waals surface area contributed by atoms with Crippen LogP contribution in [0.25, 0.3) is 11.1 Å². The summed E-state index contributed by atoms with van der Waals surface area (Å²) in [5.74, 6) is 7.02. The Bertz CT molecular complexity index is 1180. The molecular weight excluding hydrogens is 426 g/mol. The molecule has 0 saturated carbocycles. The molecule has 4 heteroatoms. The topological polar surface area (TPSA) is 28.5 Å². The van der Waals surface area contributed by atoms with Crippen molar-refractivity contribution in [1.82, 2.24) is 9.88 Å². The van der Waals surface area contributed by atoms with Gasteiger partial charge in [0.25, 0.3) is 0 Å². The van der Waals surface area contributed by atoms with Crippen LogP contribution < -0.4 is 0 Å². The lowest BCUT2D eigenvalue weighted by Gasteiger charge is -2.17. The van der Waals surface area contributed by atoms with Crippen LogP contribution in [-0.4, -0.2) is 35.7 Å². The van der Waals surface area contributed by atoms with Gasteiger partial charge in [-0.3, -0.25) is 4.99 Å². The second kappa shape index (κ2) is 10.3. The summed E-state index contributed by atoms with van der Waals surface area (Å²) in [4.78, 5) is 12.0. The highest BCUT2D eigenvalue weighted by atomic mass is 35.5. The molecule has 2 aliphatic rings. The summed E-state index contributed by atoms with van der Waals surface area (Å²) in [6, 6.07) is 18.2. The first-order valence-corrected chi connectivity index (χ1v) is 12.2. The molecule has 1 fully saturated rings. The summed E-state index contributed by atoms with van der Waals surface area (Å²) < 4.78 is 0. The van der Waals surface area contributed by atoms with E-state index in [1.807, 2.05) is 42.6 Å². The van der Waals surface area contributed by atoms with Gasteiger partial charge in [0.15, 0.2) is 0 Å². The number of nitrogens with zero attached hydrogens (tertiary/aromatic N) is 3. The maximum absolute atomic E-state index is 5.98. The molecule has 1 unspecified atom stereocenters. The molecule has 33 heavy (non-hydrogen) atoms. The van der Waals surface area contributed by atoms with Gasteiger partial charge in [0, 0.05) is 28.6 Å². The Labute approximate surface area is 201 Å². The standard InChI is InChI=1S/C29H28ClN3/c30-27-11-8-24(9-12-27)26-10-14-28(31-21-26)13-5-22-3-6-25-7-4-23(20-32-29(25)19-22)15-18-33-16-1-2-17-33/h3,6,8-12,14,19-21,23H,1-2,4,7,15-18H2. The number of hydrogen-bond donors (Lipinski definition) is 0. The van der Waals surface area contributed by atoms with Crippen molar-refractivity contribution < 1.29 is 0 Å². The van der Waals surface area contributed by atoms with E-state index < -0.39 is 0 Å². The number of rotatable bonds is 4. The maximum Gasteiger partial charge on any atom is 0.113 e. The van der Waals surface area contributed by atoms with Crippen molar-refractivity contribution in [2.45, 2.75) is 32.1 Å². The van der Waals surface area contributed by atoms with Gasteiger partial charge in [-0.25, -0.2) is 4.98 Å². The van der Waals surface area contributed by atoms with Crippen molar-refractivity contribution in [3.63, 3.8) is 0 Å². The number of halogens is 1. The van der Waals surface area contributed by atoms with E-state index in [9.17, 15) is 0 Å². The smallest absolute Gasteiger partial charge is 0.113 e. The monoisotopic (exact) mass is 453 g/mol. The maximum atomic E-state index is 5.98. The van der Waals surface area contributed by atoms with Gasteiger partial charge in [-0.2, -0.15) is 0 Å². The fourth-order valence-corrected chi connectivity index (χ4v) is 4.69. The zero-order valence-corrected chi connectivity index (χ0v) is 19.6. The third-order valence-electron chi connectivity index (χ3n) is 6.58. The van der Waals surface area contributed by atoms with Gasteiger partial charge in [-0.15, -0.1) is 0 Å². The van der Waals surface area contributed by atoms with Crippen molar-refractivity contribution >= 4 is 23.5 Å². The molecule has 3 aromatic rings. The second-order valence-electron chi connectivity index (χ2n) is 8.95. The number of pyridine rings is 1. The lowest BCUT2D eigenvalue weighted by molar-refractivity contribution is 0.318. The number of aliphatic imine (C=N–C) groups is 1. The fourth-order valence-electron chi connectivity index (χ4n) is 4.56. The van der Waals surface area contributed by atoms with E-state index >= 15 is 0 Å². The number of hydrogen-bond acceptors (Lipinski definition) is 3. The minimum Gasteiger partial charge on any atom is -0.303 e. The largest absolute Gasteiger partial charge is 0.303 e. The van der Waals surface area contributed by atoms with Crippen LogP contribution in [0.4, 0.5) is 5.69 Å². The predicted molar refractivity (Wildman–Crippen MR) is 137 cm³/mol. The minimum absolute atomic E-state index is 0.566. The molecule has 3 nitrogen and oxygen atoms in total. The summed E-state index contributed by atoms with van der Waals surface area (Å²) in [6.07, 6.45) is 10.2. The summed E-state index contributed by atoms with van der Waals surface area (Å²) in [7, 11) is 0. The molecule has 166 valence electrons. The van der Waals surface area contributed by atoms with Gasteiger partial charge in [0.2, 0.25) is 0 Å². The first-order chi connectivity index (χ1) is 16.2. The highest BCUT2D eigenvalue weighted by Gasteiger charge is 2.16. The van der Waals surface area contributed by atoms with Gasteiger partial charge >= 0.3 is 0 Å². The van der Waals surface area contributed by atoms with Crippen molar-refractivity contribution in [1.29, 1.82) is 0 Å². The molecule has 0 radical (unpaired) electrons. The molecule has 0 N–H and O–H groups in total. The molecule has 0 spiro atoms. The van der Waals surface area contributed by atoms with Crippen molar-refractivity contribution in [2.75, 3.05) is 19.6 Å². The Morgan fingerprint density at radius 2 is 1.76 bits per heavy atom. The van der Waals surface area contributed by atoms with Crippen LogP contribution in [-0.2, 0) is 6.42 Å². The Morgan fingerprint density at radius 3 is 2.55 bits per heavy atom. The van der Waals surface area contributed by atoms with E-state index in [1.54, 1.807) is 0 Å². The highest BCUT2D eigenvalue weighted by molar-refractivity contribution is 6.30. The summed E-state index contributed by atoms with van der Waals surface area (Å²) >= 11 is 5.98. The number of aromatic nitrogens is 1. The number of fused-ring (bicyclic) bond motifs is 1. The second-order valence-corrected chi connectivity index (χ2v) is 9.38. The van der Waals surface area contributed by atoms with Crippen LogP contribution >= 0.6 is 11.6 Å². The van der Waals surface area contributed by atoms with E-state index in [0.717, 1.165) is 39.5 Å². The van der Waals surface area contributed by atoms with Crippen LogP contribution in [0.3, 0.4) is 0 Å². The first-order valence-electron chi connectivity index (χ1n) is 11.9. The lowest BCUT2D eigenvalue weighted by atomic mass is 9.97. The minimum atomic E-state index is 0.566. The molecule has 0 amide bonds. The molecule has 5 rings (SSSR count). The average molecular weight is 454 g/mol. The quantitative estimate of drug-likeness (QED) is 0.419. The van der Waals surface area contributed by atoms with Gasteiger partial charge < -0.3 is 4.90 Å². The fraction of sp³-hybridized carbons (Fsp3) is 0.310. The van der Waals surface area contributed by atoms with E-state index in [-0.39, 0.29) is 0 Å². The Hall–Kier alpha value is -2.93. The molecule has 1 saturated heterocycles. The highest BCUT2D eigenvalue weighted by Crippen LogP contribution is 2.28.